The van der Waals surface area contributed by atoms with Gasteiger partial charge in [-0.05, 0) is 83.0 Å². The summed E-state index contributed by atoms with van der Waals surface area (Å²) in [5.74, 6) is 1.78. The number of rotatable bonds is 4. The molecule has 0 aromatic heterocycles. The second-order valence-corrected chi connectivity index (χ2v) is 7.07. The molecule has 3 nitrogen and oxygen atoms in total. The maximum atomic E-state index is 5.78. The first-order chi connectivity index (χ1) is 9.35. The smallest absolute Gasteiger partial charge is 0.0235 e. The van der Waals surface area contributed by atoms with Crippen molar-refractivity contribution < 1.29 is 0 Å². The van der Waals surface area contributed by atoms with Gasteiger partial charge >= 0.3 is 0 Å². The molecule has 2 N–H and O–H groups in total. The largest absolute Gasteiger partial charge is 0.330 e. The zero-order chi connectivity index (χ0) is 13.1. The van der Waals surface area contributed by atoms with Gasteiger partial charge in [-0.2, -0.15) is 0 Å². The normalized spacial score (nSPS) is 38.1. The molecule has 0 spiro atoms. The average Bonchev–Trinajstić information content (AvgIpc) is 3.10. The molecule has 3 rings (SSSR count). The lowest BCUT2D eigenvalue weighted by atomic mass is 9.82. The Kier molecular flexibility index (Phi) is 4.78. The van der Waals surface area contributed by atoms with Gasteiger partial charge in [-0.1, -0.05) is 0 Å². The zero-order valence-corrected chi connectivity index (χ0v) is 12.4. The van der Waals surface area contributed by atoms with Crippen LogP contribution in [0.1, 0.15) is 44.9 Å². The third kappa shape index (κ3) is 3.50. The zero-order valence-electron chi connectivity index (χ0n) is 12.4. The second kappa shape index (κ2) is 6.55. The SMILES string of the molecule is NCC1CCC(CN2CCC(N3CCCC3)C2)CC1. The van der Waals surface area contributed by atoms with E-state index in [1.165, 1.54) is 77.7 Å². The molecule has 3 fully saturated rings. The Morgan fingerprint density at radius 1 is 0.842 bits per heavy atom. The van der Waals surface area contributed by atoms with Gasteiger partial charge in [0.1, 0.15) is 0 Å². The molecular weight excluding hydrogens is 234 g/mol. The van der Waals surface area contributed by atoms with Crippen molar-refractivity contribution in [2.75, 3.05) is 39.3 Å². The summed E-state index contributed by atoms with van der Waals surface area (Å²) in [7, 11) is 0. The van der Waals surface area contributed by atoms with Crippen LogP contribution in [0.3, 0.4) is 0 Å². The van der Waals surface area contributed by atoms with Crippen LogP contribution in [0.25, 0.3) is 0 Å². The van der Waals surface area contributed by atoms with Crippen molar-refractivity contribution in [2.45, 2.75) is 51.0 Å². The number of likely N-dealkylation sites (tertiary alicyclic amines) is 2. The number of nitrogens with zero attached hydrogens (tertiary/aromatic N) is 2. The van der Waals surface area contributed by atoms with Crippen molar-refractivity contribution in [3.63, 3.8) is 0 Å². The summed E-state index contributed by atoms with van der Waals surface area (Å²) >= 11 is 0. The highest BCUT2D eigenvalue weighted by atomic mass is 15.3. The van der Waals surface area contributed by atoms with E-state index in [0.717, 1.165) is 24.4 Å². The van der Waals surface area contributed by atoms with E-state index in [1.54, 1.807) is 0 Å². The van der Waals surface area contributed by atoms with Gasteiger partial charge in [-0.3, -0.25) is 4.90 Å². The topological polar surface area (TPSA) is 32.5 Å². The van der Waals surface area contributed by atoms with Gasteiger partial charge in [0.25, 0.3) is 0 Å². The lowest BCUT2D eigenvalue weighted by molar-refractivity contribution is 0.187. The number of nitrogens with two attached hydrogens (primary N) is 1. The van der Waals surface area contributed by atoms with Crippen molar-refractivity contribution in [1.29, 1.82) is 0 Å². The van der Waals surface area contributed by atoms with Crippen molar-refractivity contribution in [3.8, 4) is 0 Å². The molecule has 2 aliphatic heterocycles. The van der Waals surface area contributed by atoms with E-state index in [-0.39, 0.29) is 0 Å². The first kappa shape index (κ1) is 13.8. The Morgan fingerprint density at radius 3 is 2.21 bits per heavy atom. The highest BCUT2D eigenvalue weighted by molar-refractivity contribution is 4.87. The third-order valence-electron chi connectivity index (χ3n) is 5.72. The van der Waals surface area contributed by atoms with Gasteiger partial charge in [0.05, 0.1) is 0 Å². The summed E-state index contributed by atoms with van der Waals surface area (Å²) in [6.45, 7) is 7.68. The summed E-state index contributed by atoms with van der Waals surface area (Å²) in [6, 6.07) is 0.878. The monoisotopic (exact) mass is 265 g/mol. The predicted molar refractivity (Wildman–Crippen MR) is 80.2 cm³/mol. The minimum atomic E-state index is 0.826. The first-order valence-electron chi connectivity index (χ1n) is 8.51. The molecule has 0 aromatic carbocycles. The summed E-state index contributed by atoms with van der Waals surface area (Å²) in [5.41, 5.74) is 5.78. The molecule has 0 radical (unpaired) electrons. The van der Waals surface area contributed by atoms with Crippen molar-refractivity contribution in [1.82, 2.24) is 9.80 Å². The summed E-state index contributed by atoms with van der Waals surface area (Å²) in [4.78, 5) is 5.49. The molecule has 2 saturated heterocycles. The van der Waals surface area contributed by atoms with Crippen LogP contribution in [0.2, 0.25) is 0 Å². The fraction of sp³-hybridized carbons (Fsp3) is 1.00. The Morgan fingerprint density at radius 2 is 1.53 bits per heavy atom. The molecule has 1 atom stereocenters. The molecule has 2 heterocycles. The van der Waals surface area contributed by atoms with E-state index >= 15 is 0 Å². The minimum absolute atomic E-state index is 0.826. The molecule has 3 heteroatoms. The average molecular weight is 265 g/mol. The highest BCUT2D eigenvalue weighted by Gasteiger charge is 2.31. The Balaban J connectivity index is 1.39. The Bertz CT molecular complexity index is 267. The molecule has 1 unspecified atom stereocenters. The van der Waals surface area contributed by atoms with Gasteiger partial charge in [0.15, 0.2) is 0 Å². The number of hydrogen-bond donors (Lipinski definition) is 1. The van der Waals surface area contributed by atoms with Crippen LogP contribution in [0.4, 0.5) is 0 Å². The fourth-order valence-corrected chi connectivity index (χ4v) is 4.40. The molecule has 0 amide bonds. The fourth-order valence-electron chi connectivity index (χ4n) is 4.40. The molecule has 110 valence electrons. The summed E-state index contributed by atoms with van der Waals surface area (Å²) in [6.07, 6.45) is 9.88. The van der Waals surface area contributed by atoms with E-state index in [4.69, 9.17) is 5.73 Å². The van der Waals surface area contributed by atoms with E-state index < -0.39 is 0 Å². The lowest BCUT2D eigenvalue weighted by Crippen LogP contribution is -2.37. The Hall–Kier alpha value is -0.120. The molecule has 0 bridgehead atoms. The predicted octanol–water partition coefficient (Wildman–Crippen LogP) is 1.92. The van der Waals surface area contributed by atoms with Crippen molar-refractivity contribution >= 4 is 0 Å². The van der Waals surface area contributed by atoms with Gasteiger partial charge in [-0.25, -0.2) is 0 Å². The van der Waals surface area contributed by atoms with Crippen LogP contribution < -0.4 is 5.73 Å². The van der Waals surface area contributed by atoms with Gasteiger partial charge in [0, 0.05) is 19.1 Å². The van der Waals surface area contributed by atoms with Crippen LogP contribution in [0, 0.1) is 11.8 Å². The molecule has 1 aliphatic carbocycles. The molecule has 0 aromatic rings. The van der Waals surface area contributed by atoms with Gasteiger partial charge in [-0.15, -0.1) is 0 Å². The maximum absolute atomic E-state index is 5.78. The highest BCUT2D eigenvalue weighted by Crippen LogP contribution is 2.30. The lowest BCUT2D eigenvalue weighted by Gasteiger charge is -2.31. The first-order valence-corrected chi connectivity index (χ1v) is 8.51. The summed E-state index contributed by atoms with van der Waals surface area (Å²) < 4.78 is 0. The van der Waals surface area contributed by atoms with E-state index in [9.17, 15) is 0 Å². The number of hydrogen-bond acceptors (Lipinski definition) is 3. The molecule has 19 heavy (non-hydrogen) atoms. The molecule has 3 aliphatic rings. The van der Waals surface area contributed by atoms with E-state index in [2.05, 4.69) is 9.80 Å². The minimum Gasteiger partial charge on any atom is -0.330 e. The van der Waals surface area contributed by atoms with E-state index in [1.807, 2.05) is 0 Å². The second-order valence-electron chi connectivity index (χ2n) is 7.07. The van der Waals surface area contributed by atoms with Gasteiger partial charge in [0.2, 0.25) is 0 Å². The van der Waals surface area contributed by atoms with Crippen molar-refractivity contribution in [3.05, 3.63) is 0 Å². The quantitative estimate of drug-likeness (QED) is 0.843. The molecular formula is C16H31N3. The van der Waals surface area contributed by atoms with Gasteiger partial charge < -0.3 is 10.6 Å². The van der Waals surface area contributed by atoms with Crippen LogP contribution in [-0.2, 0) is 0 Å². The van der Waals surface area contributed by atoms with Crippen LogP contribution in [0.5, 0.6) is 0 Å². The maximum Gasteiger partial charge on any atom is 0.0235 e. The molecule has 1 saturated carbocycles. The standard InChI is InChI=1S/C16H31N3/c17-11-14-3-5-15(6-4-14)12-18-10-7-16(13-18)19-8-1-2-9-19/h14-16H,1-13,17H2. The van der Waals surface area contributed by atoms with E-state index in [0.29, 0.717) is 0 Å². The van der Waals surface area contributed by atoms with Crippen LogP contribution in [-0.4, -0.2) is 55.1 Å². The van der Waals surface area contributed by atoms with Crippen LogP contribution >= 0.6 is 0 Å². The van der Waals surface area contributed by atoms with Crippen molar-refractivity contribution in [2.24, 2.45) is 17.6 Å². The summed E-state index contributed by atoms with van der Waals surface area (Å²) in [5, 5.41) is 0. The Labute approximate surface area is 118 Å². The third-order valence-corrected chi connectivity index (χ3v) is 5.72. The van der Waals surface area contributed by atoms with Crippen LogP contribution in [0.15, 0.2) is 0 Å².